The van der Waals surface area contributed by atoms with Gasteiger partial charge in [-0.25, -0.2) is 0 Å². The number of nitrogens with two attached hydrogens (primary N) is 1. The Hall–Kier alpha value is -2.73. The molecule has 140 valence electrons. The van der Waals surface area contributed by atoms with Crippen LogP contribution < -0.4 is 19.9 Å². The normalized spacial score (nSPS) is 11.5. The third-order valence-electron chi connectivity index (χ3n) is 3.83. The number of hydrogen-bond donors (Lipinski definition) is 1. The summed E-state index contributed by atoms with van der Waals surface area (Å²) >= 11 is 0. The molecule has 6 heteroatoms. The predicted octanol–water partition coefficient (Wildman–Crippen LogP) is 2.72. The van der Waals surface area contributed by atoms with E-state index in [2.05, 4.69) is 0 Å². The summed E-state index contributed by atoms with van der Waals surface area (Å²) in [5, 5.41) is 0. The average molecular weight is 359 g/mol. The van der Waals surface area contributed by atoms with Gasteiger partial charge < -0.3 is 24.7 Å². The molecule has 0 spiro atoms. The Kier molecular flexibility index (Phi) is 7.29. The van der Waals surface area contributed by atoms with Crippen molar-refractivity contribution in [3.63, 3.8) is 0 Å². The first-order valence-corrected chi connectivity index (χ1v) is 8.42. The highest BCUT2D eigenvalue weighted by molar-refractivity contribution is 5.75. The third-order valence-corrected chi connectivity index (χ3v) is 3.83. The van der Waals surface area contributed by atoms with Crippen LogP contribution in [-0.4, -0.2) is 32.8 Å². The van der Waals surface area contributed by atoms with Crippen LogP contribution in [0.5, 0.6) is 17.2 Å². The standard InChI is InChI=1S/C20H25NO5/c1-4-25-20(22)17(21)11-15-7-10-18(19(12-15)24-3)26-13-14-5-8-16(23-2)9-6-14/h5-10,12,17H,4,11,13,21H2,1-3H3. The van der Waals surface area contributed by atoms with Crippen molar-refractivity contribution in [3.8, 4) is 17.2 Å². The maximum atomic E-state index is 11.7. The van der Waals surface area contributed by atoms with Gasteiger partial charge in [0.2, 0.25) is 0 Å². The highest BCUT2D eigenvalue weighted by atomic mass is 16.5. The molecular formula is C20H25NO5. The zero-order chi connectivity index (χ0) is 18.9. The summed E-state index contributed by atoms with van der Waals surface area (Å²) in [4.78, 5) is 11.7. The van der Waals surface area contributed by atoms with Crippen molar-refractivity contribution < 1.29 is 23.7 Å². The first kappa shape index (κ1) is 19.6. The van der Waals surface area contributed by atoms with Crippen molar-refractivity contribution in [2.45, 2.75) is 26.0 Å². The average Bonchev–Trinajstić information content (AvgIpc) is 2.67. The fourth-order valence-electron chi connectivity index (χ4n) is 2.43. The summed E-state index contributed by atoms with van der Waals surface area (Å²) in [5.74, 6) is 1.60. The summed E-state index contributed by atoms with van der Waals surface area (Å²) in [6, 6.07) is 12.5. The van der Waals surface area contributed by atoms with Gasteiger partial charge in [-0.1, -0.05) is 18.2 Å². The zero-order valence-corrected chi connectivity index (χ0v) is 15.4. The van der Waals surface area contributed by atoms with Gasteiger partial charge in [-0.05, 0) is 48.7 Å². The molecule has 6 nitrogen and oxygen atoms in total. The van der Waals surface area contributed by atoms with Crippen molar-refractivity contribution in [3.05, 3.63) is 53.6 Å². The highest BCUT2D eigenvalue weighted by Gasteiger charge is 2.16. The van der Waals surface area contributed by atoms with E-state index in [1.165, 1.54) is 0 Å². The van der Waals surface area contributed by atoms with E-state index in [1.807, 2.05) is 42.5 Å². The van der Waals surface area contributed by atoms with Gasteiger partial charge in [0.15, 0.2) is 11.5 Å². The number of esters is 1. The largest absolute Gasteiger partial charge is 0.497 e. The molecule has 26 heavy (non-hydrogen) atoms. The molecule has 2 N–H and O–H groups in total. The highest BCUT2D eigenvalue weighted by Crippen LogP contribution is 2.29. The van der Waals surface area contributed by atoms with Crippen LogP contribution in [0.25, 0.3) is 0 Å². The maximum Gasteiger partial charge on any atom is 0.323 e. The summed E-state index contributed by atoms with van der Waals surface area (Å²) in [7, 11) is 3.20. The van der Waals surface area contributed by atoms with Crippen LogP contribution in [0.3, 0.4) is 0 Å². The first-order valence-electron chi connectivity index (χ1n) is 8.42. The Morgan fingerprint density at radius 3 is 2.31 bits per heavy atom. The smallest absolute Gasteiger partial charge is 0.323 e. The number of benzene rings is 2. The van der Waals surface area contributed by atoms with Crippen molar-refractivity contribution in [1.82, 2.24) is 0 Å². The Labute approximate surface area is 153 Å². The molecule has 0 bridgehead atoms. The second-order valence-corrected chi connectivity index (χ2v) is 5.68. The molecule has 0 saturated carbocycles. The molecule has 2 rings (SSSR count). The lowest BCUT2D eigenvalue weighted by Crippen LogP contribution is -2.34. The van der Waals surface area contributed by atoms with Crippen molar-refractivity contribution >= 4 is 5.97 Å². The lowest BCUT2D eigenvalue weighted by Gasteiger charge is -2.14. The number of hydrogen-bond acceptors (Lipinski definition) is 6. The Balaban J connectivity index is 2.01. The molecule has 1 atom stereocenters. The minimum absolute atomic E-state index is 0.313. The molecule has 0 heterocycles. The van der Waals surface area contributed by atoms with Gasteiger partial charge in [0.1, 0.15) is 18.4 Å². The summed E-state index contributed by atoms with van der Waals surface area (Å²) in [5.41, 5.74) is 7.76. The molecule has 0 aliphatic carbocycles. The molecule has 0 radical (unpaired) electrons. The number of carbonyl (C=O) groups excluding carboxylic acids is 1. The van der Waals surface area contributed by atoms with E-state index in [9.17, 15) is 4.79 Å². The zero-order valence-electron chi connectivity index (χ0n) is 15.4. The lowest BCUT2D eigenvalue weighted by molar-refractivity contribution is -0.144. The monoisotopic (exact) mass is 359 g/mol. The fourth-order valence-corrected chi connectivity index (χ4v) is 2.43. The number of methoxy groups -OCH3 is 2. The van der Waals surface area contributed by atoms with Gasteiger partial charge in [-0.15, -0.1) is 0 Å². The van der Waals surface area contributed by atoms with Crippen molar-refractivity contribution in [2.75, 3.05) is 20.8 Å². The van der Waals surface area contributed by atoms with Crippen LogP contribution in [0.15, 0.2) is 42.5 Å². The quantitative estimate of drug-likeness (QED) is 0.694. The number of ether oxygens (including phenoxy) is 4. The van der Waals surface area contributed by atoms with E-state index in [-0.39, 0.29) is 0 Å². The molecule has 0 saturated heterocycles. The molecule has 2 aromatic rings. The SMILES string of the molecule is CCOC(=O)C(N)Cc1ccc(OCc2ccc(OC)cc2)c(OC)c1. The molecule has 2 aromatic carbocycles. The summed E-state index contributed by atoms with van der Waals surface area (Å²) < 4.78 is 21.3. The second-order valence-electron chi connectivity index (χ2n) is 5.68. The maximum absolute atomic E-state index is 11.7. The van der Waals surface area contributed by atoms with Gasteiger partial charge in [-0.3, -0.25) is 4.79 Å². The summed E-state index contributed by atoms with van der Waals surface area (Å²) in [6.45, 7) is 2.47. The molecule has 1 unspecified atom stereocenters. The Morgan fingerprint density at radius 2 is 1.69 bits per heavy atom. The third kappa shape index (κ3) is 5.39. The van der Waals surface area contributed by atoms with E-state index < -0.39 is 12.0 Å². The molecule has 0 aliphatic heterocycles. The molecule has 0 aromatic heterocycles. The van der Waals surface area contributed by atoms with Gasteiger partial charge >= 0.3 is 5.97 Å². The summed E-state index contributed by atoms with van der Waals surface area (Å²) in [6.07, 6.45) is 0.369. The first-order chi connectivity index (χ1) is 12.6. The van der Waals surface area contributed by atoms with Crippen LogP contribution >= 0.6 is 0 Å². The van der Waals surface area contributed by atoms with Crippen molar-refractivity contribution in [1.29, 1.82) is 0 Å². The lowest BCUT2D eigenvalue weighted by atomic mass is 10.1. The van der Waals surface area contributed by atoms with Crippen LogP contribution in [0.4, 0.5) is 0 Å². The number of rotatable bonds is 9. The van der Waals surface area contributed by atoms with Crippen LogP contribution in [0.1, 0.15) is 18.1 Å². The predicted molar refractivity (Wildman–Crippen MR) is 98.6 cm³/mol. The molecule has 0 amide bonds. The Bertz CT molecular complexity index is 715. The second kappa shape index (κ2) is 9.68. The Morgan fingerprint density at radius 1 is 1.00 bits per heavy atom. The van der Waals surface area contributed by atoms with Gasteiger partial charge in [-0.2, -0.15) is 0 Å². The topological polar surface area (TPSA) is 80.0 Å². The molecular weight excluding hydrogens is 334 g/mol. The fraction of sp³-hybridized carbons (Fsp3) is 0.350. The van der Waals surface area contributed by atoms with Gasteiger partial charge in [0.25, 0.3) is 0 Å². The molecule has 0 fully saturated rings. The minimum Gasteiger partial charge on any atom is -0.497 e. The van der Waals surface area contributed by atoms with E-state index in [0.717, 1.165) is 16.9 Å². The van der Waals surface area contributed by atoms with Gasteiger partial charge in [0, 0.05) is 0 Å². The molecule has 0 aliphatic rings. The van der Waals surface area contributed by atoms with Crippen LogP contribution in [-0.2, 0) is 22.6 Å². The van der Waals surface area contributed by atoms with E-state index in [1.54, 1.807) is 21.1 Å². The van der Waals surface area contributed by atoms with E-state index in [0.29, 0.717) is 31.1 Å². The van der Waals surface area contributed by atoms with E-state index >= 15 is 0 Å². The van der Waals surface area contributed by atoms with Gasteiger partial charge in [0.05, 0.1) is 20.8 Å². The minimum atomic E-state index is -0.703. The number of carbonyl (C=O) groups is 1. The van der Waals surface area contributed by atoms with E-state index in [4.69, 9.17) is 24.7 Å². The van der Waals surface area contributed by atoms with Crippen molar-refractivity contribution in [2.24, 2.45) is 5.73 Å². The van der Waals surface area contributed by atoms with Crippen LogP contribution in [0.2, 0.25) is 0 Å². The van der Waals surface area contributed by atoms with Crippen LogP contribution in [0, 0.1) is 0 Å².